The minimum atomic E-state index is 0.960. The maximum absolute atomic E-state index is 4.13. The van der Waals surface area contributed by atoms with Crippen LogP contribution >= 0.6 is 0 Å². The van der Waals surface area contributed by atoms with E-state index in [-0.39, 0.29) is 0 Å². The summed E-state index contributed by atoms with van der Waals surface area (Å²) in [5.41, 5.74) is 3.84. The molecular formula is C13H20N2. The van der Waals surface area contributed by atoms with Crippen LogP contribution in [0, 0.1) is 6.92 Å². The van der Waals surface area contributed by atoms with E-state index in [0.29, 0.717) is 0 Å². The Kier molecular flexibility index (Phi) is 5.05. The lowest BCUT2D eigenvalue weighted by atomic mass is 10.1. The molecule has 0 aliphatic carbocycles. The Labute approximate surface area is 92.4 Å². The van der Waals surface area contributed by atoms with Gasteiger partial charge in [0.15, 0.2) is 0 Å². The third-order valence-electron chi connectivity index (χ3n) is 2.31. The Morgan fingerprint density at radius 3 is 3.00 bits per heavy atom. The molecule has 0 saturated heterocycles. The van der Waals surface area contributed by atoms with Gasteiger partial charge in [0.1, 0.15) is 0 Å². The lowest BCUT2D eigenvalue weighted by Gasteiger charge is -2.04. The van der Waals surface area contributed by atoms with Gasteiger partial charge in [-0.3, -0.25) is 4.98 Å². The summed E-state index contributed by atoms with van der Waals surface area (Å²) in [6.07, 6.45) is 7.13. The van der Waals surface area contributed by atoms with Crippen molar-refractivity contribution in [1.82, 2.24) is 10.3 Å². The smallest absolute Gasteiger partial charge is 0.0342 e. The van der Waals surface area contributed by atoms with Crippen LogP contribution in [0.25, 0.3) is 6.08 Å². The molecule has 0 radical (unpaired) electrons. The summed E-state index contributed by atoms with van der Waals surface area (Å²) in [5.74, 6) is 0. The number of aryl methyl sites for hydroxylation is 1. The van der Waals surface area contributed by atoms with Crippen molar-refractivity contribution in [3.8, 4) is 0 Å². The van der Waals surface area contributed by atoms with E-state index < -0.39 is 0 Å². The molecule has 0 amide bonds. The first-order chi connectivity index (χ1) is 7.24. The predicted molar refractivity (Wildman–Crippen MR) is 65.8 cm³/mol. The summed E-state index contributed by atoms with van der Waals surface area (Å²) in [7, 11) is 0. The lowest BCUT2D eigenvalue weighted by molar-refractivity contribution is 0.715. The molecule has 0 saturated carbocycles. The normalized spacial score (nSPS) is 11.8. The van der Waals surface area contributed by atoms with Gasteiger partial charge in [-0.05, 0) is 44.0 Å². The van der Waals surface area contributed by atoms with Crippen molar-refractivity contribution in [2.45, 2.75) is 27.2 Å². The van der Waals surface area contributed by atoms with Gasteiger partial charge in [0, 0.05) is 18.9 Å². The summed E-state index contributed by atoms with van der Waals surface area (Å²) in [4.78, 5) is 4.13. The Balaban J connectivity index is 2.58. The molecule has 0 spiro atoms. The highest BCUT2D eigenvalue weighted by atomic mass is 14.8. The second-order valence-electron chi connectivity index (χ2n) is 3.90. The van der Waals surface area contributed by atoms with Crippen LogP contribution in [-0.2, 0) is 0 Å². The minimum Gasteiger partial charge on any atom is -0.313 e. The molecule has 82 valence electrons. The van der Waals surface area contributed by atoms with Crippen molar-refractivity contribution in [2.75, 3.05) is 13.1 Å². The van der Waals surface area contributed by atoms with Crippen LogP contribution in [-0.4, -0.2) is 18.1 Å². The summed E-state index contributed by atoms with van der Waals surface area (Å²) in [6, 6.07) is 2.04. The Hall–Kier alpha value is -1.15. The number of hydrogen-bond donors (Lipinski definition) is 1. The highest BCUT2D eigenvalue weighted by molar-refractivity contribution is 5.55. The average Bonchev–Trinajstić information content (AvgIpc) is 2.22. The highest BCUT2D eigenvalue weighted by Crippen LogP contribution is 2.09. The zero-order chi connectivity index (χ0) is 11.1. The Bertz CT molecular complexity index is 329. The molecule has 0 bridgehead atoms. The maximum Gasteiger partial charge on any atom is 0.0342 e. The first kappa shape index (κ1) is 11.9. The zero-order valence-corrected chi connectivity index (χ0v) is 9.88. The summed E-state index contributed by atoms with van der Waals surface area (Å²) in [6.45, 7) is 8.48. The SMILES string of the molecule is CCCNC/C(C)=C/c1cnccc1C. The molecule has 0 aliphatic rings. The summed E-state index contributed by atoms with van der Waals surface area (Å²) < 4.78 is 0. The summed E-state index contributed by atoms with van der Waals surface area (Å²) >= 11 is 0. The molecule has 1 N–H and O–H groups in total. The number of nitrogens with zero attached hydrogens (tertiary/aromatic N) is 1. The van der Waals surface area contributed by atoms with Gasteiger partial charge >= 0.3 is 0 Å². The number of pyridine rings is 1. The highest BCUT2D eigenvalue weighted by Gasteiger charge is 1.95. The van der Waals surface area contributed by atoms with Crippen LogP contribution in [0.1, 0.15) is 31.4 Å². The van der Waals surface area contributed by atoms with E-state index in [4.69, 9.17) is 0 Å². The van der Waals surface area contributed by atoms with Gasteiger partial charge in [-0.1, -0.05) is 18.6 Å². The molecule has 1 aromatic heterocycles. The van der Waals surface area contributed by atoms with Crippen LogP contribution < -0.4 is 5.32 Å². The van der Waals surface area contributed by atoms with Gasteiger partial charge in [-0.15, -0.1) is 0 Å². The van der Waals surface area contributed by atoms with E-state index in [1.807, 2.05) is 18.5 Å². The second kappa shape index (κ2) is 6.36. The minimum absolute atomic E-state index is 0.960. The van der Waals surface area contributed by atoms with Crippen molar-refractivity contribution >= 4 is 6.08 Å². The largest absolute Gasteiger partial charge is 0.313 e. The molecule has 1 heterocycles. The second-order valence-corrected chi connectivity index (χ2v) is 3.90. The molecule has 0 fully saturated rings. The molecule has 0 aromatic carbocycles. The molecule has 2 heteroatoms. The van der Waals surface area contributed by atoms with Crippen LogP contribution in [0.5, 0.6) is 0 Å². The molecule has 15 heavy (non-hydrogen) atoms. The molecule has 0 unspecified atom stereocenters. The monoisotopic (exact) mass is 204 g/mol. The molecule has 0 aliphatic heterocycles. The van der Waals surface area contributed by atoms with Crippen LogP contribution in [0.2, 0.25) is 0 Å². The average molecular weight is 204 g/mol. The van der Waals surface area contributed by atoms with Crippen LogP contribution in [0.3, 0.4) is 0 Å². The van der Waals surface area contributed by atoms with Crippen molar-refractivity contribution < 1.29 is 0 Å². The zero-order valence-electron chi connectivity index (χ0n) is 9.88. The molecule has 1 aromatic rings. The number of aromatic nitrogens is 1. The third-order valence-corrected chi connectivity index (χ3v) is 2.31. The van der Waals surface area contributed by atoms with E-state index in [1.54, 1.807) is 0 Å². The first-order valence-corrected chi connectivity index (χ1v) is 5.52. The van der Waals surface area contributed by atoms with Gasteiger partial charge in [0.2, 0.25) is 0 Å². The lowest BCUT2D eigenvalue weighted by Crippen LogP contribution is -2.16. The fraction of sp³-hybridized carbons (Fsp3) is 0.462. The van der Waals surface area contributed by atoms with E-state index in [2.05, 4.69) is 37.1 Å². The standard InChI is InChI=1S/C13H20N2/c1-4-6-14-9-11(2)8-13-10-15-7-5-12(13)3/h5,7-8,10,14H,4,6,9H2,1-3H3/b11-8+. The van der Waals surface area contributed by atoms with E-state index in [0.717, 1.165) is 13.1 Å². The van der Waals surface area contributed by atoms with Crippen LogP contribution in [0.15, 0.2) is 24.0 Å². The van der Waals surface area contributed by atoms with Crippen molar-refractivity contribution in [1.29, 1.82) is 0 Å². The molecule has 2 nitrogen and oxygen atoms in total. The number of rotatable bonds is 5. The first-order valence-electron chi connectivity index (χ1n) is 5.52. The maximum atomic E-state index is 4.13. The number of nitrogens with one attached hydrogen (secondary N) is 1. The van der Waals surface area contributed by atoms with E-state index in [9.17, 15) is 0 Å². The summed E-state index contributed by atoms with van der Waals surface area (Å²) in [5, 5.41) is 3.39. The Morgan fingerprint density at radius 2 is 2.33 bits per heavy atom. The van der Waals surface area contributed by atoms with Gasteiger partial charge < -0.3 is 5.32 Å². The molecule has 0 atom stereocenters. The number of hydrogen-bond acceptors (Lipinski definition) is 2. The van der Waals surface area contributed by atoms with Crippen molar-refractivity contribution in [2.24, 2.45) is 0 Å². The van der Waals surface area contributed by atoms with E-state index in [1.165, 1.54) is 23.1 Å². The van der Waals surface area contributed by atoms with Gasteiger partial charge in [-0.25, -0.2) is 0 Å². The van der Waals surface area contributed by atoms with Crippen molar-refractivity contribution in [3.63, 3.8) is 0 Å². The third kappa shape index (κ3) is 4.26. The quantitative estimate of drug-likeness (QED) is 0.746. The predicted octanol–water partition coefficient (Wildman–Crippen LogP) is 2.79. The van der Waals surface area contributed by atoms with E-state index >= 15 is 0 Å². The van der Waals surface area contributed by atoms with Gasteiger partial charge in [0.05, 0.1) is 0 Å². The fourth-order valence-corrected chi connectivity index (χ4v) is 1.41. The van der Waals surface area contributed by atoms with Gasteiger partial charge in [-0.2, -0.15) is 0 Å². The van der Waals surface area contributed by atoms with Crippen LogP contribution in [0.4, 0.5) is 0 Å². The van der Waals surface area contributed by atoms with Crippen molar-refractivity contribution in [3.05, 3.63) is 35.2 Å². The Morgan fingerprint density at radius 1 is 1.53 bits per heavy atom. The topological polar surface area (TPSA) is 24.9 Å². The van der Waals surface area contributed by atoms with Gasteiger partial charge in [0.25, 0.3) is 0 Å². The molecule has 1 rings (SSSR count). The molecular weight excluding hydrogens is 184 g/mol. The fourth-order valence-electron chi connectivity index (χ4n) is 1.41.